The van der Waals surface area contributed by atoms with E-state index < -0.39 is 199 Å². The van der Waals surface area contributed by atoms with Gasteiger partial charge in [-0.25, -0.2) is 0 Å². The Morgan fingerprint density at radius 1 is 0.582 bits per heavy atom. The zero-order valence-corrected chi connectivity index (χ0v) is 58.0. The topological polar surface area (TPSA) is 525 Å². The van der Waals surface area contributed by atoms with Gasteiger partial charge in [0.15, 0.2) is 0 Å². The molecule has 13 unspecified atom stereocenters. The Balaban J connectivity index is 1.79. The van der Waals surface area contributed by atoms with Crippen LogP contribution in [0.4, 0.5) is 0 Å². The fourth-order valence-corrected chi connectivity index (χ4v) is 11.6. The van der Waals surface area contributed by atoms with Crippen molar-refractivity contribution in [1.29, 1.82) is 0 Å². The molecule has 98 heavy (non-hydrogen) atoms. The number of hydrogen-bond donors (Lipinski definition) is 16. The highest BCUT2D eigenvalue weighted by atomic mass is 32.2. The van der Waals surface area contributed by atoms with Crippen molar-refractivity contribution in [2.75, 3.05) is 56.8 Å². The molecule has 2 heterocycles. The number of primary amides is 1. The fraction of sp³-hybridized carbons (Fsp3) is 0.645. The number of aliphatic carboxylic acids is 1. The number of thioether (sulfide) groups is 2. The number of hydrogen-bond acceptors (Lipinski definition) is 21. The molecule has 546 valence electrons. The van der Waals surface area contributed by atoms with Gasteiger partial charge in [-0.3, -0.25) is 71.9 Å². The highest BCUT2D eigenvalue weighted by Gasteiger charge is 2.42. The SMILES string of the molecule is CSCCC(NC(=O)C(Cc1ccccc1)NC(=O)C(CC(=O)O)NC(=O)CNC(=O)C(NC(=O)C(C)NC(=O)C1CCCN1C(=O)C(N)CC(C)C)C(C)O)C(=O)NC(CC(N)=O)C(=O)NC(CCSC)C(=O)NC(CO)C(=O)N1CCCC1C(=O)NC(C(=O)NCC=O)C(C)C. The van der Waals surface area contributed by atoms with Gasteiger partial charge in [0.05, 0.1) is 44.7 Å². The molecule has 0 saturated carbocycles. The molecule has 1 aromatic rings. The first-order valence-electron chi connectivity index (χ1n) is 32.2. The third kappa shape index (κ3) is 27.4. The maximum absolute atomic E-state index is 14.4. The number of aliphatic hydroxyl groups is 2. The summed E-state index contributed by atoms with van der Waals surface area (Å²) in [5.41, 5.74) is 12.1. The molecule has 2 aliphatic rings. The fourth-order valence-electron chi connectivity index (χ4n) is 10.7. The van der Waals surface area contributed by atoms with Gasteiger partial charge in [-0.1, -0.05) is 58.0 Å². The Morgan fingerprint density at radius 3 is 1.55 bits per heavy atom. The molecule has 0 radical (unpaired) electrons. The van der Waals surface area contributed by atoms with Gasteiger partial charge in [0.25, 0.3) is 0 Å². The maximum Gasteiger partial charge on any atom is 0.305 e. The number of carboxylic acids is 1. The van der Waals surface area contributed by atoms with Gasteiger partial charge in [0.1, 0.15) is 72.7 Å². The smallest absolute Gasteiger partial charge is 0.305 e. The Bertz CT molecular complexity index is 2970. The summed E-state index contributed by atoms with van der Waals surface area (Å²) in [6, 6.07) is -9.01. The molecule has 2 fully saturated rings. The minimum absolute atomic E-state index is 0.0299. The first kappa shape index (κ1) is 83.7. The summed E-state index contributed by atoms with van der Waals surface area (Å²) in [4.78, 5) is 216. The van der Waals surface area contributed by atoms with Gasteiger partial charge < -0.3 is 99.9 Å². The molecule has 0 spiro atoms. The number of aldehydes is 1. The van der Waals surface area contributed by atoms with Crippen LogP contribution in [0.1, 0.15) is 105 Å². The summed E-state index contributed by atoms with van der Waals surface area (Å²) >= 11 is 2.50. The van der Waals surface area contributed by atoms with E-state index in [0.29, 0.717) is 37.5 Å². The first-order chi connectivity index (χ1) is 46.3. The first-order valence-corrected chi connectivity index (χ1v) is 35.0. The number of carbonyl (C=O) groups is 16. The zero-order chi connectivity index (χ0) is 73.5. The lowest BCUT2D eigenvalue weighted by Gasteiger charge is -2.30. The number of benzene rings is 1. The molecule has 1 aromatic carbocycles. The van der Waals surface area contributed by atoms with Crippen LogP contribution >= 0.6 is 23.5 Å². The number of carbonyl (C=O) groups excluding carboxylic acids is 15. The van der Waals surface area contributed by atoms with Crippen molar-refractivity contribution in [3.8, 4) is 0 Å². The summed E-state index contributed by atoms with van der Waals surface area (Å²) in [5.74, 6) is -14.5. The third-order valence-electron chi connectivity index (χ3n) is 15.8. The number of aliphatic hydroxyl groups excluding tert-OH is 2. The van der Waals surface area contributed by atoms with Crippen molar-refractivity contribution >= 4 is 118 Å². The van der Waals surface area contributed by atoms with E-state index in [0.717, 1.165) is 11.8 Å². The van der Waals surface area contributed by atoms with E-state index in [9.17, 15) is 92.0 Å². The molecule has 0 bridgehead atoms. The Morgan fingerprint density at radius 2 is 1.06 bits per heavy atom. The van der Waals surface area contributed by atoms with Crippen LogP contribution in [0.2, 0.25) is 0 Å². The summed E-state index contributed by atoms with van der Waals surface area (Å²) in [6.07, 6.45) is 1.47. The predicted octanol–water partition coefficient (Wildman–Crippen LogP) is -5.72. The van der Waals surface area contributed by atoms with Crippen molar-refractivity contribution in [3.63, 3.8) is 0 Å². The van der Waals surface area contributed by atoms with Crippen molar-refractivity contribution < 1.29 is 92.0 Å². The lowest BCUT2D eigenvalue weighted by molar-refractivity contribution is -0.143. The van der Waals surface area contributed by atoms with E-state index in [4.69, 9.17) is 11.5 Å². The zero-order valence-electron chi connectivity index (χ0n) is 56.4. The van der Waals surface area contributed by atoms with Crippen LogP contribution < -0.4 is 70.0 Å². The largest absolute Gasteiger partial charge is 0.481 e. The average Bonchev–Trinajstić information content (AvgIpc) is 1.63. The Hall–Kier alpha value is -8.48. The van der Waals surface area contributed by atoms with Crippen LogP contribution in [0, 0.1) is 11.8 Å². The Kier molecular flexibility index (Phi) is 36.2. The standard InChI is InChI=1S/C62H97N15O19S2/c1-32(2)26-37(63)61(95)76-21-12-16-44(76)57(91)67-34(5)51(85)75-50(35(6)80)60(94)66-30-47(82)68-42(29-48(83)84)56(90)71-40(27-36-14-10-9-11-15-36)54(88)69-38(18-24-97-7)52(86)72-41(28-46(64)81)55(89)70-39(19-25-98-8)53(87)73-43(31-79)62(96)77-22-13-17-45(77)58(92)74-49(33(3)4)59(93)65-20-23-78/h9-11,14-15,23,32-35,37-45,49-50,79-80H,12-13,16-22,24-31,63H2,1-8H3,(H2,64,81)(H,65,93)(H,66,94)(H,67,91)(H,68,82)(H,69,88)(H,70,89)(H,71,90)(H,72,86)(H,73,87)(H,74,92)(H,75,85)(H,83,84). The van der Waals surface area contributed by atoms with Gasteiger partial charge in [-0.2, -0.15) is 23.5 Å². The molecular weight excluding hydrogens is 1320 g/mol. The third-order valence-corrected chi connectivity index (χ3v) is 17.1. The number of amides is 14. The van der Waals surface area contributed by atoms with Crippen LogP contribution in [0.5, 0.6) is 0 Å². The van der Waals surface area contributed by atoms with Crippen LogP contribution in [0.25, 0.3) is 0 Å². The second-order valence-electron chi connectivity index (χ2n) is 24.6. The molecule has 0 aliphatic carbocycles. The number of nitrogens with one attached hydrogen (secondary N) is 11. The predicted molar refractivity (Wildman–Crippen MR) is 358 cm³/mol. The highest BCUT2D eigenvalue weighted by Crippen LogP contribution is 2.22. The molecule has 14 amide bonds. The van der Waals surface area contributed by atoms with Crippen LogP contribution in [0.3, 0.4) is 0 Å². The molecular formula is C62H97N15O19S2. The van der Waals surface area contributed by atoms with E-state index in [1.807, 2.05) is 13.8 Å². The molecule has 36 heteroatoms. The minimum atomic E-state index is -1.94. The molecule has 13 atom stereocenters. The average molecular weight is 1420 g/mol. The monoisotopic (exact) mass is 1420 g/mol. The van der Waals surface area contributed by atoms with E-state index in [2.05, 4.69) is 58.5 Å². The van der Waals surface area contributed by atoms with Gasteiger partial charge in [0.2, 0.25) is 82.7 Å². The number of likely N-dealkylation sites (tertiary alicyclic amines) is 2. The quantitative estimate of drug-likeness (QED) is 0.0271. The summed E-state index contributed by atoms with van der Waals surface area (Å²) < 4.78 is 0. The summed E-state index contributed by atoms with van der Waals surface area (Å²) in [5, 5.41) is 57.3. The lowest BCUT2D eigenvalue weighted by Crippen LogP contribution is -2.61. The van der Waals surface area contributed by atoms with E-state index in [-0.39, 0.29) is 62.7 Å². The number of nitrogens with zero attached hydrogens (tertiary/aromatic N) is 2. The van der Waals surface area contributed by atoms with E-state index >= 15 is 0 Å². The van der Waals surface area contributed by atoms with Gasteiger partial charge in [-0.15, -0.1) is 0 Å². The van der Waals surface area contributed by atoms with Crippen LogP contribution in [0.15, 0.2) is 30.3 Å². The second-order valence-corrected chi connectivity index (χ2v) is 26.5. The van der Waals surface area contributed by atoms with E-state index in [1.54, 1.807) is 56.7 Å². The number of rotatable bonds is 42. The Labute approximate surface area is 576 Å². The molecule has 3 rings (SSSR count). The number of nitrogens with two attached hydrogens (primary N) is 2. The molecule has 34 nitrogen and oxygen atoms in total. The van der Waals surface area contributed by atoms with Gasteiger partial charge >= 0.3 is 5.97 Å². The molecule has 18 N–H and O–H groups in total. The van der Waals surface area contributed by atoms with Crippen molar-refractivity contribution in [3.05, 3.63) is 35.9 Å². The van der Waals surface area contributed by atoms with Gasteiger partial charge in [0, 0.05) is 19.5 Å². The highest BCUT2D eigenvalue weighted by molar-refractivity contribution is 7.98. The number of carboxylic acid groups (broad SMARTS) is 1. The van der Waals surface area contributed by atoms with Gasteiger partial charge in [-0.05, 0) is 100 Å². The summed E-state index contributed by atoms with van der Waals surface area (Å²) in [7, 11) is 0. The van der Waals surface area contributed by atoms with Crippen molar-refractivity contribution in [2.45, 2.75) is 184 Å². The molecule has 0 aromatic heterocycles. The minimum Gasteiger partial charge on any atom is -0.481 e. The molecule has 2 aliphatic heterocycles. The van der Waals surface area contributed by atoms with Crippen molar-refractivity contribution in [2.24, 2.45) is 23.3 Å². The second kappa shape index (κ2) is 42.4. The van der Waals surface area contributed by atoms with E-state index in [1.165, 1.54) is 35.3 Å². The van der Waals surface area contributed by atoms with Crippen LogP contribution in [-0.2, 0) is 83.1 Å². The lowest BCUT2D eigenvalue weighted by atomic mass is 10.0. The molecule has 2 saturated heterocycles. The van der Waals surface area contributed by atoms with Crippen LogP contribution in [-0.4, -0.2) is 255 Å². The normalized spacial score (nSPS) is 17.6. The summed E-state index contributed by atoms with van der Waals surface area (Å²) in [6.45, 7) is 7.65. The van der Waals surface area contributed by atoms with Crippen molar-refractivity contribution in [1.82, 2.24) is 68.3 Å². The maximum atomic E-state index is 14.4.